The number of hydrogen-bond acceptors (Lipinski definition) is 2. The van der Waals surface area contributed by atoms with E-state index in [2.05, 4.69) is 31.2 Å². The molecule has 0 aliphatic heterocycles. The lowest BCUT2D eigenvalue weighted by Crippen LogP contribution is -2.31. The van der Waals surface area contributed by atoms with Crippen LogP contribution in [0.1, 0.15) is 38.7 Å². The summed E-state index contributed by atoms with van der Waals surface area (Å²) in [6.45, 7) is 4.62. The molecule has 1 aliphatic carbocycles. The Labute approximate surface area is 104 Å². The van der Waals surface area contributed by atoms with Gasteiger partial charge in [-0.1, -0.05) is 25.5 Å². The second-order valence-corrected chi connectivity index (χ2v) is 6.06. The van der Waals surface area contributed by atoms with Crippen molar-refractivity contribution in [1.82, 2.24) is 9.78 Å². The third-order valence-corrected chi connectivity index (χ3v) is 3.44. The first-order chi connectivity index (χ1) is 7.94. The minimum absolute atomic E-state index is 0.239. The van der Waals surface area contributed by atoms with Gasteiger partial charge in [0.25, 0.3) is 0 Å². The summed E-state index contributed by atoms with van der Waals surface area (Å²) < 4.78 is 1.86. The van der Waals surface area contributed by atoms with E-state index in [4.69, 9.17) is 5.73 Å². The minimum atomic E-state index is 0.239. The second-order valence-electron chi connectivity index (χ2n) is 6.06. The molecule has 1 atom stereocenters. The van der Waals surface area contributed by atoms with Gasteiger partial charge in [-0.2, -0.15) is 5.10 Å². The number of aromatic nitrogens is 2. The zero-order valence-corrected chi connectivity index (χ0v) is 11.1. The molecule has 17 heavy (non-hydrogen) atoms. The largest absolute Gasteiger partial charge is 0.324 e. The standard InChI is InChI=1S/C14H23N3/c1-14(2)7-11(6-13(15)8-14)4-5-12-9-16-17(3)10-12/h6,9-10,13H,4-5,7-8,15H2,1-3H3. The summed E-state index contributed by atoms with van der Waals surface area (Å²) in [7, 11) is 1.96. The highest BCUT2D eigenvalue weighted by Gasteiger charge is 2.26. The smallest absolute Gasteiger partial charge is 0.0521 e. The Morgan fingerprint density at radius 2 is 2.24 bits per heavy atom. The number of aryl methyl sites for hydroxylation is 2. The van der Waals surface area contributed by atoms with Crippen LogP contribution in [0.4, 0.5) is 0 Å². The third kappa shape index (κ3) is 3.43. The molecule has 1 aromatic rings. The first-order valence-electron chi connectivity index (χ1n) is 6.37. The molecule has 0 saturated heterocycles. The summed E-state index contributed by atoms with van der Waals surface area (Å²) in [5.41, 5.74) is 9.26. The maximum Gasteiger partial charge on any atom is 0.0521 e. The van der Waals surface area contributed by atoms with Crippen LogP contribution >= 0.6 is 0 Å². The Balaban J connectivity index is 1.95. The first-order valence-corrected chi connectivity index (χ1v) is 6.37. The molecular formula is C14H23N3. The van der Waals surface area contributed by atoms with Gasteiger partial charge in [0, 0.05) is 19.3 Å². The van der Waals surface area contributed by atoms with E-state index in [0.717, 1.165) is 19.3 Å². The normalized spacial score (nSPS) is 23.5. The third-order valence-electron chi connectivity index (χ3n) is 3.44. The highest BCUT2D eigenvalue weighted by Crippen LogP contribution is 2.36. The van der Waals surface area contributed by atoms with Gasteiger partial charge in [-0.25, -0.2) is 0 Å². The van der Waals surface area contributed by atoms with E-state index in [-0.39, 0.29) is 6.04 Å². The van der Waals surface area contributed by atoms with Crippen LogP contribution < -0.4 is 5.73 Å². The van der Waals surface area contributed by atoms with Crippen molar-refractivity contribution in [2.45, 2.75) is 45.6 Å². The first kappa shape index (κ1) is 12.4. The van der Waals surface area contributed by atoms with E-state index in [0.29, 0.717) is 5.41 Å². The monoisotopic (exact) mass is 233 g/mol. The summed E-state index contributed by atoms with van der Waals surface area (Å²) in [4.78, 5) is 0. The highest BCUT2D eigenvalue weighted by atomic mass is 15.2. The van der Waals surface area contributed by atoms with Crippen LogP contribution in [0.25, 0.3) is 0 Å². The molecule has 0 bridgehead atoms. The molecule has 0 fully saturated rings. The maximum absolute atomic E-state index is 6.08. The van der Waals surface area contributed by atoms with Crippen LogP contribution in [0.2, 0.25) is 0 Å². The van der Waals surface area contributed by atoms with Crippen LogP contribution in [0.3, 0.4) is 0 Å². The van der Waals surface area contributed by atoms with Crippen molar-refractivity contribution in [2.75, 3.05) is 0 Å². The van der Waals surface area contributed by atoms with Crippen molar-refractivity contribution in [2.24, 2.45) is 18.2 Å². The van der Waals surface area contributed by atoms with E-state index >= 15 is 0 Å². The number of nitrogens with zero attached hydrogens (tertiary/aromatic N) is 2. The van der Waals surface area contributed by atoms with Crippen molar-refractivity contribution in [3.05, 3.63) is 29.6 Å². The van der Waals surface area contributed by atoms with Gasteiger partial charge in [-0.15, -0.1) is 0 Å². The van der Waals surface area contributed by atoms with Gasteiger partial charge in [0.05, 0.1) is 6.20 Å². The van der Waals surface area contributed by atoms with Gasteiger partial charge in [-0.3, -0.25) is 4.68 Å². The molecule has 0 spiro atoms. The van der Waals surface area contributed by atoms with Gasteiger partial charge in [-0.05, 0) is 36.7 Å². The molecule has 0 saturated carbocycles. The lowest BCUT2D eigenvalue weighted by molar-refractivity contribution is 0.298. The quantitative estimate of drug-likeness (QED) is 0.815. The molecule has 2 N–H and O–H groups in total. The highest BCUT2D eigenvalue weighted by molar-refractivity contribution is 5.16. The summed E-state index contributed by atoms with van der Waals surface area (Å²) in [6, 6.07) is 0.239. The fourth-order valence-electron chi connectivity index (χ4n) is 2.82. The van der Waals surface area contributed by atoms with Crippen molar-refractivity contribution in [3.63, 3.8) is 0 Å². The van der Waals surface area contributed by atoms with Crippen molar-refractivity contribution in [3.8, 4) is 0 Å². The molecule has 0 amide bonds. The van der Waals surface area contributed by atoms with E-state index in [9.17, 15) is 0 Å². The summed E-state index contributed by atoms with van der Waals surface area (Å²) in [5.74, 6) is 0. The van der Waals surface area contributed by atoms with Crippen LogP contribution in [0.15, 0.2) is 24.0 Å². The fraction of sp³-hybridized carbons (Fsp3) is 0.643. The van der Waals surface area contributed by atoms with Gasteiger partial charge in [0.1, 0.15) is 0 Å². The van der Waals surface area contributed by atoms with E-state index < -0.39 is 0 Å². The van der Waals surface area contributed by atoms with Crippen LogP contribution in [-0.2, 0) is 13.5 Å². The van der Waals surface area contributed by atoms with E-state index in [1.165, 1.54) is 17.6 Å². The van der Waals surface area contributed by atoms with Crippen LogP contribution in [-0.4, -0.2) is 15.8 Å². The average Bonchev–Trinajstić information content (AvgIpc) is 2.58. The van der Waals surface area contributed by atoms with Crippen LogP contribution in [0.5, 0.6) is 0 Å². The maximum atomic E-state index is 6.08. The van der Waals surface area contributed by atoms with Crippen molar-refractivity contribution in [1.29, 1.82) is 0 Å². The van der Waals surface area contributed by atoms with Gasteiger partial charge < -0.3 is 5.73 Å². The fourth-order valence-corrected chi connectivity index (χ4v) is 2.82. The van der Waals surface area contributed by atoms with Gasteiger partial charge in [0.15, 0.2) is 0 Å². The second kappa shape index (κ2) is 4.65. The SMILES string of the molecule is Cn1cc(CCC2=CC(N)CC(C)(C)C2)cn1. The minimum Gasteiger partial charge on any atom is -0.324 e. The topological polar surface area (TPSA) is 43.8 Å². The number of rotatable bonds is 3. The van der Waals surface area contributed by atoms with Gasteiger partial charge in [0.2, 0.25) is 0 Å². The summed E-state index contributed by atoms with van der Waals surface area (Å²) >= 11 is 0. The van der Waals surface area contributed by atoms with Gasteiger partial charge >= 0.3 is 0 Å². The lowest BCUT2D eigenvalue weighted by Gasteiger charge is -2.33. The number of hydrogen-bond donors (Lipinski definition) is 1. The zero-order chi connectivity index (χ0) is 12.5. The predicted molar refractivity (Wildman–Crippen MR) is 70.6 cm³/mol. The Kier molecular flexibility index (Phi) is 3.38. The molecule has 1 aliphatic rings. The Morgan fingerprint density at radius 1 is 1.47 bits per heavy atom. The molecule has 94 valence electrons. The Morgan fingerprint density at radius 3 is 2.82 bits per heavy atom. The average molecular weight is 233 g/mol. The summed E-state index contributed by atoms with van der Waals surface area (Å²) in [5, 5.41) is 4.20. The van der Waals surface area contributed by atoms with E-state index in [1.54, 1.807) is 0 Å². The van der Waals surface area contributed by atoms with E-state index in [1.807, 2.05) is 17.9 Å². The molecule has 1 unspecified atom stereocenters. The number of nitrogens with two attached hydrogens (primary N) is 1. The number of allylic oxidation sites excluding steroid dienone is 1. The molecule has 1 aromatic heterocycles. The predicted octanol–water partition coefficient (Wildman–Crippen LogP) is 2.43. The zero-order valence-electron chi connectivity index (χ0n) is 11.1. The Hall–Kier alpha value is -1.09. The van der Waals surface area contributed by atoms with Crippen molar-refractivity contribution < 1.29 is 0 Å². The molecule has 3 heteroatoms. The van der Waals surface area contributed by atoms with Crippen LogP contribution in [0, 0.1) is 5.41 Å². The molecule has 0 radical (unpaired) electrons. The Bertz CT molecular complexity index is 415. The molecule has 2 rings (SSSR count). The molecule has 3 nitrogen and oxygen atoms in total. The molecule has 1 heterocycles. The van der Waals surface area contributed by atoms with Crippen molar-refractivity contribution >= 4 is 0 Å². The molecule has 0 aromatic carbocycles. The molecular weight excluding hydrogens is 210 g/mol. The lowest BCUT2D eigenvalue weighted by atomic mass is 9.74. The summed E-state index contributed by atoms with van der Waals surface area (Å²) in [6.07, 6.45) is 10.8.